The normalized spacial score (nSPS) is 16.7. The molecule has 0 bridgehead atoms. The van der Waals surface area contributed by atoms with E-state index in [9.17, 15) is 4.79 Å². The van der Waals surface area contributed by atoms with Crippen molar-refractivity contribution in [2.75, 3.05) is 24.6 Å². The summed E-state index contributed by atoms with van der Waals surface area (Å²) < 4.78 is 3.82. The Morgan fingerprint density at radius 2 is 1.47 bits per heavy atom. The van der Waals surface area contributed by atoms with Crippen LogP contribution >= 0.6 is 0 Å². The van der Waals surface area contributed by atoms with E-state index in [4.69, 9.17) is 0 Å². The van der Waals surface area contributed by atoms with E-state index in [-0.39, 0.29) is 17.6 Å². The van der Waals surface area contributed by atoms with Crippen LogP contribution in [0.3, 0.4) is 0 Å². The van der Waals surface area contributed by atoms with Crippen molar-refractivity contribution in [3.63, 3.8) is 0 Å². The number of fused-ring (bicyclic) bond motifs is 1. The van der Waals surface area contributed by atoms with Gasteiger partial charge < -0.3 is 10.3 Å². The van der Waals surface area contributed by atoms with Crippen LogP contribution in [0.4, 0.5) is 0 Å². The van der Waals surface area contributed by atoms with E-state index in [1.807, 2.05) is 21.4 Å². The Labute approximate surface area is 188 Å². The maximum absolute atomic E-state index is 13.5. The molecule has 1 aliphatic rings. The fourth-order valence-electron chi connectivity index (χ4n) is 5.05. The summed E-state index contributed by atoms with van der Waals surface area (Å²) in [5.74, 6) is 0.208. The fraction of sp³-hybridized carbons (Fsp3) is 0.296. The molecule has 1 N–H and O–H groups in total. The first-order chi connectivity index (χ1) is 15.8. The van der Waals surface area contributed by atoms with Crippen molar-refractivity contribution in [1.82, 2.24) is 14.6 Å². The maximum Gasteiger partial charge on any atom is 0.347 e. The highest BCUT2D eigenvalue weighted by Crippen LogP contribution is 2.29. The highest BCUT2D eigenvalue weighted by molar-refractivity contribution is 5.76. The van der Waals surface area contributed by atoms with Crippen LogP contribution in [0.25, 0.3) is 11.0 Å². The van der Waals surface area contributed by atoms with Gasteiger partial charge in [0.2, 0.25) is 0 Å². The van der Waals surface area contributed by atoms with Gasteiger partial charge in [0.1, 0.15) is 0 Å². The number of rotatable bonds is 6. The van der Waals surface area contributed by atoms with Crippen LogP contribution in [0.15, 0.2) is 89.7 Å². The van der Waals surface area contributed by atoms with Crippen LogP contribution in [-0.2, 0) is 6.54 Å². The first-order valence-electron chi connectivity index (χ1n) is 11.6. The molecule has 0 saturated carbocycles. The maximum atomic E-state index is 13.5. The van der Waals surface area contributed by atoms with E-state index in [1.54, 1.807) is 0 Å². The Hall–Kier alpha value is -3.31. The summed E-state index contributed by atoms with van der Waals surface area (Å²) in [6.07, 6.45) is 0.933. The lowest BCUT2D eigenvalue weighted by Gasteiger charge is -2.39. The van der Waals surface area contributed by atoms with Crippen molar-refractivity contribution < 1.29 is 0 Å². The molecule has 0 spiro atoms. The first-order valence-corrected chi connectivity index (χ1v) is 11.6. The number of benzene rings is 3. The van der Waals surface area contributed by atoms with Crippen molar-refractivity contribution in [2.45, 2.75) is 31.8 Å². The van der Waals surface area contributed by atoms with E-state index < -0.39 is 0 Å². The molecule has 0 amide bonds. The molecule has 2 heterocycles. The summed E-state index contributed by atoms with van der Waals surface area (Å²) >= 11 is 0. The van der Waals surface area contributed by atoms with E-state index in [2.05, 4.69) is 90.0 Å². The predicted molar refractivity (Wildman–Crippen MR) is 131 cm³/mol. The van der Waals surface area contributed by atoms with Gasteiger partial charge >= 0.3 is 5.69 Å². The average Bonchev–Trinajstić information content (AvgIpc) is 3.12. The summed E-state index contributed by atoms with van der Waals surface area (Å²) in [5.41, 5.74) is 4.64. The second-order valence-corrected chi connectivity index (χ2v) is 8.51. The van der Waals surface area contributed by atoms with Crippen molar-refractivity contribution >= 4 is 11.0 Å². The minimum atomic E-state index is 0.0599. The lowest BCUT2D eigenvalue weighted by atomic mass is 9.84. The Morgan fingerprint density at radius 3 is 2.09 bits per heavy atom. The number of piperazine rings is 1. The third kappa shape index (κ3) is 3.73. The molecule has 5 rings (SSSR count). The Morgan fingerprint density at radius 1 is 0.875 bits per heavy atom. The number of para-hydroxylation sites is 2. The van der Waals surface area contributed by atoms with Crippen LogP contribution in [0, 0.1) is 0 Å². The number of nitrogens with zero attached hydrogens (tertiary/aromatic N) is 3. The number of aryl methyl sites for hydroxylation is 1. The largest absolute Gasteiger partial charge is 0.347 e. The Balaban J connectivity index is 1.55. The molecule has 5 heteroatoms. The minimum absolute atomic E-state index is 0.0599. The van der Waals surface area contributed by atoms with E-state index >= 15 is 0 Å². The van der Waals surface area contributed by atoms with Crippen LogP contribution < -0.4 is 16.0 Å². The zero-order valence-electron chi connectivity index (χ0n) is 18.5. The van der Waals surface area contributed by atoms with Gasteiger partial charge in [0.15, 0.2) is 0 Å². The molecular weight excluding hydrogens is 396 g/mol. The summed E-state index contributed by atoms with van der Waals surface area (Å²) in [7, 11) is 0. The summed E-state index contributed by atoms with van der Waals surface area (Å²) in [4.78, 5) is 13.5. The molecule has 1 saturated heterocycles. The van der Waals surface area contributed by atoms with Crippen molar-refractivity contribution in [3.05, 3.63) is 107 Å². The van der Waals surface area contributed by atoms with Crippen LogP contribution in [0.1, 0.15) is 30.4 Å². The van der Waals surface area contributed by atoms with Crippen molar-refractivity contribution in [1.29, 1.82) is 0 Å². The Bertz CT molecular complexity index is 1190. The second kappa shape index (κ2) is 9.05. The van der Waals surface area contributed by atoms with Crippen LogP contribution in [-0.4, -0.2) is 34.9 Å². The molecule has 0 aliphatic carbocycles. The van der Waals surface area contributed by atoms with Gasteiger partial charge in [-0.05, 0) is 29.7 Å². The van der Waals surface area contributed by atoms with Gasteiger partial charge in [0, 0.05) is 31.6 Å². The lowest BCUT2D eigenvalue weighted by Crippen LogP contribution is -2.59. The SMILES string of the molecule is CCCn1c(=O)n(N2CCNC(C(c3ccccc3)c3ccccc3)C2)c2ccccc21. The smallest absolute Gasteiger partial charge is 0.309 e. The van der Waals surface area contributed by atoms with Crippen LogP contribution in [0.5, 0.6) is 0 Å². The van der Waals surface area contributed by atoms with E-state index in [0.29, 0.717) is 0 Å². The van der Waals surface area contributed by atoms with E-state index in [1.165, 1.54) is 11.1 Å². The highest BCUT2D eigenvalue weighted by atomic mass is 16.2. The van der Waals surface area contributed by atoms with Crippen molar-refractivity contribution in [2.24, 2.45) is 0 Å². The fourth-order valence-corrected chi connectivity index (χ4v) is 5.05. The second-order valence-electron chi connectivity index (χ2n) is 8.51. The molecule has 4 aromatic rings. The molecule has 1 aliphatic heterocycles. The van der Waals surface area contributed by atoms with Gasteiger partial charge in [-0.25, -0.2) is 9.47 Å². The van der Waals surface area contributed by atoms with Gasteiger partial charge in [-0.15, -0.1) is 0 Å². The van der Waals surface area contributed by atoms with Gasteiger partial charge in [0.05, 0.1) is 17.6 Å². The third-order valence-corrected chi connectivity index (χ3v) is 6.45. The average molecular weight is 427 g/mol. The molecular formula is C27H30N4O. The third-order valence-electron chi connectivity index (χ3n) is 6.45. The molecule has 164 valence electrons. The summed E-state index contributed by atoms with van der Waals surface area (Å²) in [5, 5.41) is 5.98. The topological polar surface area (TPSA) is 42.2 Å². The molecule has 5 nitrogen and oxygen atoms in total. The molecule has 1 aromatic heterocycles. The number of imidazole rings is 1. The molecule has 32 heavy (non-hydrogen) atoms. The molecule has 0 radical (unpaired) electrons. The van der Waals surface area contributed by atoms with Crippen molar-refractivity contribution in [3.8, 4) is 0 Å². The van der Waals surface area contributed by atoms with Gasteiger partial charge in [-0.2, -0.15) is 0 Å². The van der Waals surface area contributed by atoms with Gasteiger partial charge in [-0.1, -0.05) is 79.7 Å². The Kier molecular flexibility index (Phi) is 5.82. The molecule has 1 fully saturated rings. The van der Waals surface area contributed by atoms with Gasteiger partial charge in [0.25, 0.3) is 0 Å². The summed E-state index contributed by atoms with van der Waals surface area (Å²) in [6.45, 7) is 5.24. The number of nitrogens with one attached hydrogen (secondary N) is 1. The quantitative estimate of drug-likeness (QED) is 0.508. The minimum Gasteiger partial charge on any atom is -0.309 e. The zero-order chi connectivity index (χ0) is 21.9. The molecule has 1 atom stereocenters. The highest BCUT2D eigenvalue weighted by Gasteiger charge is 2.31. The monoisotopic (exact) mass is 426 g/mol. The zero-order valence-corrected chi connectivity index (χ0v) is 18.5. The first kappa shape index (κ1) is 20.6. The van der Waals surface area contributed by atoms with Gasteiger partial charge in [-0.3, -0.25) is 4.57 Å². The lowest BCUT2D eigenvalue weighted by molar-refractivity contribution is 0.374. The number of aromatic nitrogens is 2. The number of hydrogen-bond donors (Lipinski definition) is 1. The molecule has 3 aromatic carbocycles. The molecule has 1 unspecified atom stereocenters. The standard InChI is InChI=1S/C27H30N4O/c1-2-18-30-24-15-9-10-16-25(24)31(27(30)32)29-19-17-28-23(20-29)26(21-11-5-3-6-12-21)22-13-7-4-8-14-22/h3-16,23,26,28H,2,17-20H2,1H3. The number of hydrogen-bond acceptors (Lipinski definition) is 3. The van der Waals surface area contributed by atoms with E-state index in [0.717, 1.165) is 43.6 Å². The summed E-state index contributed by atoms with van der Waals surface area (Å²) in [6, 6.07) is 29.7. The van der Waals surface area contributed by atoms with Crippen LogP contribution in [0.2, 0.25) is 0 Å². The predicted octanol–water partition coefficient (Wildman–Crippen LogP) is 3.95.